The van der Waals surface area contributed by atoms with Gasteiger partial charge in [-0.1, -0.05) is 37.5 Å². The van der Waals surface area contributed by atoms with E-state index in [1.807, 2.05) is 42.6 Å². The SMILES string of the molecule is O=C(CC1CCCCC1)Oc1ccc(C2CNN(c3ccc4cnccc4c3)C2=O)cc1. The first-order valence-corrected chi connectivity index (χ1v) is 11.4. The van der Waals surface area contributed by atoms with Gasteiger partial charge in [-0.2, -0.15) is 0 Å². The van der Waals surface area contributed by atoms with Crippen LogP contribution in [-0.2, 0) is 9.59 Å². The Kier molecular flexibility index (Phi) is 5.86. The summed E-state index contributed by atoms with van der Waals surface area (Å²) >= 11 is 0. The van der Waals surface area contributed by atoms with Crippen molar-refractivity contribution in [3.8, 4) is 5.75 Å². The Morgan fingerprint density at radius 3 is 2.66 bits per heavy atom. The second-order valence-corrected chi connectivity index (χ2v) is 8.75. The summed E-state index contributed by atoms with van der Waals surface area (Å²) in [5.41, 5.74) is 4.93. The number of amides is 1. The molecule has 164 valence electrons. The number of hydrogen-bond acceptors (Lipinski definition) is 5. The number of pyridine rings is 1. The lowest BCUT2D eigenvalue weighted by Crippen LogP contribution is -2.34. The first kappa shape index (κ1) is 20.6. The van der Waals surface area contributed by atoms with E-state index in [0.29, 0.717) is 24.6 Å². The molecule has 5 rings (SSSR count). The fourth-order valence-corrected chi connectivity index (χ4v) is 4.76. The highest BCUT2D eigenvalue weighted by molar-refractivity contribution is 6.01. The molecule has 1 saturated carbocycles. The monoisotopic (exact) mass is 429 g/mol. The molecule has 0 spiro atoms. The predicted molar refractivity (Wildman–Crippen MR) is 123 cm³/mol. The summed E-state index contributed by atoms with van der Waals surface area (Å²) in [6.07, 6.45) is 9.99. The number of nitrogens with one attached hydrogen (secondary N) is 1. The minimum absolute atomic E-state index is 0.000416. The standard InChI is InChI=1S/C26H27N3O3/c30-25(14-18-4-2-1-3-5-18)32-23-10-7-19(8-11-23)24-17-28-29(26(24)31)22-9-6-21-16-27-13-12-20(21)15-22/h6-13,15-16,18,24,28H,1-5,14,17H2. The number of esters is 1. The van der Waals surface area contributed by atoms with Crippen molar-refractivity contribution in [3.05, 3.63) is 66.5 Å². The smallest absolute Gasteiger partial charge is 0.311 e. The number of ether oxygens (including phenoxy) is 1. The topological polar surface area (TPSA) is 71.5 Å². The van der Waals surface area contributed by atoms with E-state index in [-0.39, 0.29) is 17.8 Å². The molecule has 2 fully saturated rings. The van der Waals surface area contributed by atoms with E-state index < -0.39 is 0 Å². The largest absolute Gasteiger partial charge is 0.427 e. The first-order chi connectivity index (χ1) is 15.7. The average Bonchev–Trinajstić information content (AvgIpc) is 3.21. The molecule has 1 amide bonds. The number of carbonyl (C=O) groups is 2. The highest BCUT2D eigenvalue weighted by Gasteiger charge is 2.33. The second kappa shape index (κ2) is 9.09. The summed E-state index contributed by atoms with van der Waals surface area (Å²) < 4.78 is 5.54. The van der Waals surface area contributed by atoms with Crippen LogP contribution in [0.25, 0.3) is 10.8 Å². The molecular weight excluding hydrogens is 402 g/mol. The van der Waals surface area contributed by atoms with Crippen molar-refractivity contribution >= 4 is 28.3 Å². The van der Waals surface area contributed by atoms with Crippen LogP contribution in [0.15, 0.2) is 60.9 Å². The molecule has 6 heteroatoms. The van der Waals surface area contributed by atoms with E-state index >= 15 is 0 Å². The number of anilines is 1. The van der Waals surface area contributed by atoms with E-state index in [9.17, 15) is 9.59 Å². The molecule has 2 aromatic carbocycles. The van der Waals surface area contributed by atoms with Gasteiger partial charge >= 0.3 is 5.97 Å². The number of hydrogen-bond donors (Lipinski definition) is 1. The minimum Gasteiger partial charge on any atom is -0.427 e. The van der Waals surface area contributed by atoms with Crippen LogP contribution in [-0.4, -0.2) is 23.4 Å². The highest BCUT2D eigenvalue weighted by Crippen LogP contribution is 2.30. The molecule has 0 radical (unpaired) electrons. The Morgan fingerprint density at radius 2 is 1.84 bits per heavy atom. The van der Waals surface area contributed by atoms with Crippen molar-refractivity contribution in [1.82, 2.24) is 10.4 Å². The Morgan fingerprint density at radius 1 is 1.03 bits per heavy atom. The van der Waals surface area contributed by atoms with Gasteiger partial charge in [0.15, 0.2) is 0 Å². The zero-order valence-corrected chi connectivity index (χ0v) is 18.0. The Labute approximate surface area is 187 Å². The van der Waals surface area contributed by atoms with E-state index in [4.69, 9.17) is 4.74 Å². The van der Waals surface area contributed by atoms with Gasteiger partial charge in [0.05, 0.1) is 11.6 Å². The van der Waals surface area contributed by atoms with Crippen molar-refractivity contribution < 1.29 is 14.3 Å². The molecule has 1 aromatic heterocycles. The number of fused-ring (bicyclic) bond motifs is 1. The van der Waals surface area contributed by atoms with Crippen LogP contribution in [0.5, 0.6) is 5.75 Å². The molecule has 3 aromatic rings. The lowest BCUT2D eigenvalue weighted by Gasteiger charge is -2.20. The van der Waals surface area contributed by atoms with Crippen LogP contribution < -0.4 is 15.2 Å². The molecular formula is C26H27N3O3. The van der Waals surface area contributed by atoms with Crippen LogP contribution in [0.1, 0.15) is 50.0 Å². The van der Waals surface area contributed by atoms with Crippen molar-refractivity contribution in [2.45, 2.75) is 44.4 Å². The van der Waals surface area contributed by atoms with Gasteiger partial charge in [0.25, 0.3) is 0 Å². The Balaban J connectivity index is 1.23. The number of hydrazine groups is 1. The van der Waals surface area contributed by atoms with Gasteiger partial charge in [0, 0.05) is 30.7 Å². The molecule has 2 aliphatic rings. The first-order valence-electron chi connectivity index (χ1n) is 11.4. The van der Waals surface area contributed by atoms with Gasteiger partial charge < -0.3 is 4.74 Å². The van der Waals surface area contributed by atoms with Gasteiger partial charge in [-0.15, -0.1) is 0 Å². The van der Waals surface area contributed by atoms with E-state index in [1.165, 1.54) is 19.3 Å². The lowest BCUT2D eigenvalue weighted by molar-refractivity contribution is -0.135. The predicted octanol–water partition coefficient (Wildman–Crippen LogP) is 4.75. The van der Waals surface area contributed by atoms with Crippen LogP contribution in [0.3, 0.4) is 0 Å². The summed E-state index contributed by atoms with van der Waals surface area (Å²) in [7, 11) is 0. The van der Waals surface area contributed by atoms with Crippen molar-refractivity contribution in [1.29, 1.82) is 0 Å². The molecule has 0 bridgehead atoms. The molecule has 1 unspecified atom stereocenters. The lowest BCUT2D eigenvalue weighted by atomic mass is 9.87. The van der Waals surface area contributed by atoms with E-state index in [1.54, 1.807) is 23.3 Å². The molecule has 1 aliphatic heterocycles. The molecule has 1 aliphatic carbocycles. The maximum atomic E-state index is 13.1. The maximum absolute atomic E-state index is 13.1. The van der Waals surface area contributed by atoms with Gasteiger partial charge in [0.1, 0.15) is 5.75 Å². The fraction of sp³-hybridized carbons (Fsp3) is 0.346. The van der Waals surface area contributed by atoms with Gasteiger partial charge in [-0.05, 0) is 60.0 Å². The van der Waals surface area contributed by atoms with Gasteiger partial charge in [0.2, 0.25) is 5.91 Å². The van der Waals surface area contributed by atoms with Crippen molar-refractivity contribution in [2.24, 2.45) is 5.92 Å². The summed E-state index contributed by atoms with van der Waals surface area (Å²) in [5.74, 6) is 0.541. The molecule has 2 heterocycles. The Bertz CT molecular complexity index is 1120. The summed E-state index contributed by atoms with van der Waals surface area (Å²) in [6.45, 7) is 0.522. The summed E-state index contributed by atoms with van der Waals surface area (Å²) in [6, 6.07) is 15.1. The minimum atomic E-state index is -0.282. The third-order valence-corrected chi connectivity index (χ3v) is 6.55. The number of aromatic nitrogens is 1. The quantitative estimate of drug-likeness (QED) is 0.468. The number of rotatable bonds is 5. The van der Waals surface area contributed by atoms with Crippen molar-refractivity contribution in [2.75, 3.05) is 11.6 Å². The summed E-state index contributed by atoms with van der Waals surface area (Å²) in [5, 5.41) is 3.69. The van der Waals surface area contributed by atoms with E-state index in [2.05, 4.69) is 10.4 Å². The molecule has 1 N–H and O–H groups in total. The number of nitrogens with zero attached hydrogens (tertiary/aromatic N) is 2. The summed E-state index contributed by atoms with van der Waals surface area (Å²) in [4.78, 5) is 29.5. The van der Waals surface area contributed by atoms with Crippen LogP contribution in [0.2, 0.25) is 0 Å². The average molecular weight is 430 g/mol. The molecule has 32 heavy (non-hydrogen) atoms. The number of benzene rings is 2. The van der Waals surface area contributed by atoms with Crippen LogP contribution >= 0.6 is 0 Å². The maximum Gasteiger partial charge on any atom is 0.311 e. The zero-order valence-electron chi connectivity index (χ0n) is 18.0. The van der Waals surface area contributed by atoms with E-state index in [0.717, 1.165) is 34.9 Å². The second-order valence-electron chi connectivity index (χ2n) is 8.75. The highest BCUT2D eigenvalue weighted by atomic mass is 16.5. The zero-order chi connectivity index (χ0) is 21.9. The fourth-order valence-electron chi connectivity index (χ4n) is 4.76. The van der Waals surface area contributed by atoms with Gasteiger partial charge in [-0.3, -0.25) is 14.6 Å². The number of carbonyl (C=O) groups excluding carboxylic acids is 2. The third kappa shape index (κ3) is 4.36. The third-order valence-electron chi connectivity index (χ3n) is 6.55. The van der Waals surface area contributed by atoms with Crippen LogP contribution in [0.4, 0.5) is 5.69 Å². The Hall–Kier alpha value is -3.25. The molecule has 6 nitrogen and oxygen atoms in total. The normalized spacial score (nSPS) is 19.4. The molecule has 1 saturated heterocycles. The van der Waals surface area contributed by atoms with Crippen molar-refractivity contribution in [3.63, 3.8) is 0 Å². The van der Waals surface area contributed by atoms with Crippen LogP contribution in [0, 0.1) is 5.92 Å². The van der Waals surface area contributed by atoms with Gasteiger partial charge in [-0.25, -0.2) is 10.4 Å². The molecule has 1 atom stereocenters.